The summed E-state index contributed by atoms with van der Waals surface area (Å²) in [5.74, 6) is 0.362. The number of imide groups is 1. The summed E-state index contributed by atoms with van der Waals surface area (Å²) < 4.78 is 0. The van der Waals surface area contributed by atoms with Crippen molar-refractivity contribution in [1.82, 2.24) is 15.1 Å². The first-order valence-corrected chi connectivity index (χ1v) is 7.24. The van der Waals surface area contributed by atoms with E-state index in [1.807, 2.05) is 0 Å². The number of urea groups is 1. The van der Waals surface area contributed by atoms with Gasteiger partial charge in [0.05, 0.1) is 13.1 Å². The summed E-state index contributed by atoms with van der Waals surface area (Å²) in [4.78, 5) is 27.6. The van der Waals surface area contributed by atoms with Crippen molar-refractivity contribution in [2.24, 2.45) is 5.92 Å². The van der Waals surface area contributed by atoms with E-state index in [-0.39, 0.29) is 18.0 Å². The van der Waals surface area contributed by atoms with Crippen LogP contribution < -0.4 is 10.6 Å². The highest BCUT2D eigenvalue weighted by Crippen LogP contribution is 2.14. The van der Waals surface area contributed by atoms with Gasteiger partial charge in [-0.1, -0.05) is 13.8 Å². The Morgan fingerprint density at radius 1 is 1.37 bits per heavy atom. The van der Waals surface area contributed by atoms with Crippen molar-refractivity contribution in [2.75, 3.05) is 32.8 Å². The molecule has 3 N–H and O–H groups in total. The molecule has 0 aliphatic carbocycles. The van der Waals surface area contributed by atoms with Gasteiger partial charge in [-0.15, -0.1) is 0 Å². The molecule has 2 saturated heterocycles. The van der Waals surface area contributed by atoms with Crippen molar-refractivity contribution in [1.29, 1.82) is 0 Å². The number of amides is 3. The molecule has 0 aromatic carbocycles. The fourth-order valence-electron chi connectivity index (χ4n) is 2.71. The van der Waals surface area contributed by atoms with Crippen LogP contribution in [-0.2, 0) is 4.79 Å². The Bertz CT molecular complexity index is 340. The maximum Gasteiger partial charge on any atom is 0.324 e. The number of carbonyl (C=O) groups is 2. The van der Waals surface area contributed by atoms with Crippen LogP contribution in [0, 0.1) is 5.92 Å². The molecule has 19 heavy (non-hydrogen) atoms. The van der Waals surface area contributed by atoms with Crippen LogP contribution in [0.15, 0.2) is 0 Å². The van der Waals surface area contributed by atoms with E-state index < -0.39 is 0 Å². The van der Waals surface area contributed by atoms with Crippen LogP contribution in [0.5, 0.6) is 0 Å². The average molecular weight is 269 g/mol. The highest BCUT2D eigenvalue weighted by atomic mass is 16.2. The Morgan fingerprint density at radius 3 is 2.79 bits per heavy atom. The number of nitrogens with two attached hydrogens (primary N) is 1. The largest absolute Gasteiger partial charge is 0.333 e. The molecule has 2 aliphatic rings. The van der Waals surface area contributed by atoms with E-state index in [0.717, 1.165) is 39.1 Å². The lowest BCUT2D eigenvalue weighted by atomic mass is 10.0. The van der Waals surface area contributed by atoms with E-state index in [1.165, 1.54) is 4.90 Å². The molecule has 0 bridgehead atoms. The fourth-order valence-corrected chi connectivity index (χ4v) is 2.71. The quantitative estimate of drug-likeness (QED) is 0.619. The highest BCUT2D eigenvalue weighted by molar-refractivity contribution is 6.04. The second-order valence-electron chi connectivity index (χ2n) is 5.85. The normalized spacial score (nSPS) is 24.6. The average Bonchev–Trinajstić information content (AvgIpc) is 2.92. The van der Waals surface area contributed by atoms with Crippen LogP contribution in [-0.4, -0.2) is 60.6 Å². The molecule has 0 spiro atoms. The monoisotopic (exact) mass is 269 g/mol. The van der Waals surface area contributed by atoms with Gasteiger partial charge in [-0.25, -0.2) is 4.79 Å². The van der Waals surface area contributed by atoms with Gasteiger partial charge in [0.15, 0.2) is 0 Å². The highest BCUT2D eigenvalue weighted by Gasteiger charge is 2.37. The molecule has 0 unspecified atom stereocenters. The van der Waals surface area contributed by atoms with Gasteiger partial charge in [-0.05, 0) is 18.8 Å². The van der Waals surface area contributed by atoms with Gasteiger partial charge >= 0.3 is 6.03 Å². The maximum atomic E-state index is 12.1. The SMILES string of the molecule is CC(C)C[C@H]1NC(=O)N(CCCN2CC[NH2+]C2)C1=O. The lowest BCUT2D eigenvalue weighted by molar-refractivity contribution is -0.642. The molecule has 6 heteroatoms. The zero-order chi connectivity index (χ0) is 13.8. The third-order valence-corrected chi connectivity index (χ3v) is 3.71. The molecule has 0 aromatic rings. The van der Waals surface area contributed by atoms with Crippen LogP contribution in [0.3, 0.4) is 0 Å². The van der Waals surface area contributed by atoms with Crippen molar-refractivity contribution in [3.05, 3.63) is 0 Å². The lowest BCUT2D eigenvalue weighted by Gasteiger charge is -2.16. The summed E-state index contributed by atoms with van der Waals surface area (Å²) in [6.07, 6.45) is 1.59. The minimum Gasteiger partial charge on any atom is -0.333 e. The second kappa shape index (κ2) is 6.34. The molecule has 2 heterocycles. The van der Waals surface area contributed by atoms with Gasteiger partial charge < -0.3 is 10.6 Å². The third kappa shape index (κ3) is 3.67. The molecule has 108 valence electrons. The van der Waals surface area contributed by atoms with Crippen LogP contribution >= 0.6 is 0 Å². The van der Waals surface area contributed by atoms with E-state index >= 15 is 0 Å². The summed E-state index contributed by atoms with van der Waals surface area (Å²) >= 11 is 0. The minimum atomic E-state index is -0.312. The molecule has 2 rings (SSSR count). The van der Waals surface area contributed by atoms with Crippen LogP contribution in [0.2, 0.25) is 0 Å². The number of rotatable bonds is 6. The van der Waals surface area contributed by atoms with E-state index in [9.17, 15) is 9.59 Å². The predicted molar refractivity (Wildman–Crippen MR) is 71.3 cm³/mol. The number of quaternary nitrogens is 1. The first kappa shape index (κ1) is 14.3. The van der Waals surface area contributed by atoms with Gasteiger partial charge in [-0.3, -0.25) is 14.6 Å². The molecule has 1 atom stereocenters. The van der Waals surface area contributed by atoms with Crippen LogP contribution in [0.4, 0.5) is 4.79 Å². The zero-order valence-electron chi connectivity index (χ0n) is 11.9. The number of nitrogens with one attached hydrogen (secondary N) is 1. The Hall–Kier alpha value is -1.14. The number of hydrogen-bond donors (Lipinski definition) is 2. The van der Waals surface area contributed by atoms with Gasteiger partial charge in [0.1, 0.15) is 12.7 Å². The van der Waals surface area contributed by atoms with E-state index in [0.29, 0.717) is 12.5 Å². The number of hydrogen-bond acceptors (Lipinski definition) is 3. The first-order valence-electron chi connectivity index (χ1n) is 7.24. The molecule has 2 fully saturated rings. The van der Waals surface area contributed by atoms with Crippen LogP contribution in [0.25, 0.3) is 0 Å². The second-order valence-corrected chi connectivity index (χ2v) is 5.85. The molecule has 6 nitrogen and oxygen atoms in total. The summed E-state index contributed by atoms with van der Waals surface area (Å²) in [7, 11) is 0. The summed E-state index contributed by atoms with van der Waals surface area (Å²) in [5.41, 5.74) is 0. The van der Waals surface area contributed by atoms with Gasteiger partial charge in [-0.2, -0.15) is 0 Å². The maximum absolute atomic E-state index is 12.1. The molecule has 0 radical (unpaired) electrons. The van der Waals surface area contributed by atoms with Crippen molar-refractivity contribution in [3.8, 4) is 0 Å². The van der Waals surface area contributed by atoms with Gasteiger partial charge in [0.25, 0.3) is 5.91 Å². The Morgan fingerprint density at radius 2 is 2.16 bits per heavy atom. The fraction of sp³-hybridized carbons (Fsp3) is 0.846. The van der Waals surface area contributed by atoms with Gasteiger partial charge in [0.2, 0.25) is 0 Å². The molecular formula is C13H25N4O2+. The van der Waals surface area contributed by atoms with E-state index in [2.05, 4.69) is 29.4 Å². The number of carbonyl (C=O) groups excluding carboxylic acids is 2. The third-order valence-electron chi connectivity index (χ3n) is 3.71. The zero-order valence-corrected chi connectivity index (χ0v) is 11.9. The molecular weight excluding hydrogens is 244 g/mol. The summed E-state index contributed by atoms with van der Waals surface area (Å²) in [5, 5.41) is 5.05. The Labute approximate surface area is 114 Å². The van der Waals surface area contributed by atoms with E-state index in [1.54, 1.807) is 0 Å². The standard InChI is InChI=1S/C13H24N4O2/c1-10(2)8-11-12(18)17(13(19)15-11)6-3-5-16-7-4-14-9-16/h10-11,14H,3-9H2,1-2H3,(H,15,19)/p+1/t11-/m1/s1. The van der Waals surface area contributed by atoms with E-state index in [4.69, 9.17) is 0 Å². The smallest absolute Gasteiger partial charge is 0.324 e. The summed E-state index contributed by atoms with van der Waals surface area (Å²) in [6, 6.07) is -0.531. The number of nitrogens with zero attached hydrogens (tertiary/aromatic N) is 2. The van der Waals surface area contributed by atoms with Crippen molar-refractivity contribution in [2.45, 2.75) is 32.7 Å². The Balaban J connectivity index is 1.76. The molecule has 3 amide bonds. The lowest BCUT2D eigenvalue weighted by Crippen LogP contribution is -2.82. The first-order chi connectivity index (χ1) is 9.08. The Kier molecular flexibility index (Phi) is 4.76. The van der Waals surface area contributed by atoms with Crippen LogP contribution in [0.1, 0.15) is 26.7 Å². The topological polar surface area (TPSA) is 69.3 Å². The molecule has 0 aromatic heterocycles. The minimum absolute atomic E-state index is 0.0494. The summed E-state index contributed by atoms with van der Waals surface area (Å²) in [6.45, 7) is 8.92. The van der Waals surface area contributed by atoms with Crippen molar-refractivity contribution < 1.29 is 14.9 Å². The van der Waals surface area contributed by atoms with Gasteiger partial charge in [0, 0.05) is 13.1 Å². The predicted octanol–water partition coefficient (Wildman–Crippen LogP) is -0.820. The van der Waals surface area contributed by atoms with Crippen molar-refractivity contribution >= 4 is 11.9 Å². The molecule has 0 saturated carbocycles. The van der Waals surface area contributed by atoms with Crippen molar-refractivity contribution in [3.63, 3.8) is 0 Å². The molecule has 2 aliphatic heterocycles.